The fourth-order valence-electron chi connectivity index (χ4n) is 1.28. The maximum atomic E-state index is 10.0. The second-order valence-corrected chi connectivity index (χ2v) is 6.52. The number of likely N-dealkylation sites (N-methyl/N-ethyl adjacent to an activating group) is 2. The molecule has 1 N–H and O–H groups in total. The van der Waals surface area contributed by atoms with Crippen molar-refractivity contribution in [2.24, 2.45) is 0 Å². The van der Waals surface area contributed by atoms with Crippen molar-refractivity contribution in [1.29, 1.82) is 0 Å². The second-order valence-electron chi connectivity index (χ2n) is 6.52. The number of hydrogen-bond acceptors (Lipinski definition) is 5. The van der Waals surface area contributed by atoms with E-state index in [1.165, 1.54) is 0 Å². The van der Waals surface area contributed by atoms with Gasteiger partial charge in [-0.3, -0.25) is 0 Å². The van der Waals surface area contributed by atoms with Crippen molar-refractivity contribution in [3.63, 3.8) is 0 Å². The van der Waals surface area contributed by atoms with Crippen molar-refractivity contribution >= 4 is 11.9 Å². The summed E-state index contributed by atoms with van der Waals surface area (Å²) in [4.78, 5) is 19.9. The topological polar surface area (TPSA) is 100 Å². The van der Waals surface area contributed by atoms with Gasteiger partial charge in [-0.2, -0.15) is 0 Å². The van der Waals surface area contributed by atoms with E-state index in [0.717, 1.165) is 0 Å². The predicted molar refractivity (Wildman–Crippen MR) is 66.4 cm³/mol. The molecule has 19 heavy (non-hydrogen) atoms. The van der Waals surface area contributed by atoms with E-state index in [1.807, 2.05) is 21.1 Å². The average molecular weight is 278 g/mol. The van der Waals surface area contributed by atoms with Crippen LogP contribution in [0.5, 0.6) is 0 Å². The number of carboxylic acids is 2. The van der Waals surface area contributed by atoms with E-state index in [4.69, 9.17) is 5.11 Å². The van der Waals surface area contributed by atoms with E-state index in [9.17, 15) is 19.8 Å². The number of carboxylic acid groups (broad SMARTS) is 2. The Morgan fingerprint density at radius 1 is 0.947 bits per heavy atom. The molecule has 1 atom stereocenters. The van der Waals surface area contributed by atoms with Crippen molar-refractivity contribution in [1.82, 2.24) is 0 Å². The zero-order valence-electron chi connectivity index (χ0n) is 12.7. The Morgan fingerprint density at radius 2 is 1.37 bits per heavy atom. The molecule has 7 nitrogen and oxygen atoms in total. The minimum absolute atomic E-state index is 0.0694. The first-order chi connectivity index (χ1) is 8.23. The molecule has 0 aliphatic heterocycles. The lowest BCUT2D eigenvalue weighted by molar-refractivity contribution is -0.873. The fourth-order valence-corrected chi connectivity index (χ4v) is 1.28. The third kappa shape index (κ3) is 22.5. The molecule has 0 saturated heterocycles. The number of nitrogens with zero attached hydrogens (tertiary/aromatic N) is 2. The van der Waals surface area contributed by atoms with E-state index < -0.39 is 18.0 Å². The Hall–Kier alpha value is -1.18. The van der Waals surface area contributed by atoms with Gasteiger partial charge in [0.25, 0.3) is 0 Å². The SMILES string of the molecule is C[N+](C)(C)CC(=O)[O-].C[N+](C)(C)CC(O)CC(=O)[O-]. The molecule has 0 aromatic carbocycles. The van der Waals surface area contributed by atoms with Gasteiger partial charge in [-0.15, -0.1) is 0 Å². The Labute approximate surface area is 114 Å². The average Bonchev–Trinajstić information content (AvgIpc) is 1.91. The summed E-state index contributed by atoms with van der Waals surface area (Å²) in [5.74, 6) is -2.21. The van der Waals surface area contributed by atoms with Crippen LogP contribution in [0.15, 0.2) is 0 Å². The highest BCUT2D eigenvalue weighted by Gasteiger charge is 2.14. The highest BCUT2D eigenvalue weighted by atomic mass is 16.4. The fraction of sp³-hybridized carbons (Fsp3) is 0.833. The summed E-state index contributed by atoms with van der Waals surface area (Å²) in [6.45, 7) is 0.494. The summed E-state index contributed by atoms with van der Waals surface area (Å²) >= 11 is 0. The number of aliphatic carboxylic acids is 2. The molecule has 0 fully saturated rings. The van der Waals surface area contributed by atoms with Gasteiger partial charge in [-0.1, -0.05) is 0 Å². The summed E-state index contributed by atoms with van der Waals surface area (Å²) in [5, 5.41) is 29.0. The quantitative estimate of drug-likeness (QED) is 0.511. The molecule has 0 spiro atoms. The molecule has 0 amide bonds. The standard InChI is InChI=1S/C7H15NO3.C5H11NO2/c1-8(2,3)5-6(9)4-7(10)11;1-6(2,3)4-5(7)8/h6,9H,4-5H2,1-3H3;4H2,1-3H3. The van der Waals surface area contributed by atoms with E-state index in [-0.39, 0.29) is 13.0 Å². The molecule has 0 radical (unpaired) electrons. The normalized spacial score (nSPS) is 13.2. The van der Waals surface area contributed by atoms with Crippen molar-refractivity contribution in [3.8, 4) is 0 Å². The van der Waals surface area contributed by atoms with Gasteiger partial charge in [-0.25, -0.2) is 0 Å². The predicted octanol–water partition coefficient (Wildman–Crippen LogP) is -3.36. The number of hydrogen-bond donors (Lipinski definition) is 1. The maximum absolute atomic E-state index is 10.0. The van der Waals surface area contributed by atoms with Gasteiger partial charge in [0.05, 0.1) is 48.3 Å². The van der Waals surface area contributed by atoms with Crippen molar-refractivity contribution in [3.05, 3.63) is 0 Å². The summed E-state index contributed by atoms with van der Waals surface area (Å²) in [5.41, 5.74) is 0. The number of carbonyl (C=O) groups is 2. The van der Waals surface area contributed by atoms with Crippen LogP contribution in [0.1, 0.15) is 6.42 Å². The molecular weight excluding hydrogens is 252 g/mol. The summed E-state index contributed by atoms with van der Waals surface area (Å²) in [7, 11) is 11.1. The zero-order chi connectivity index (χ0) is 15.9. The molecular formula is C12H26N2O5. The lowest BCUT2D eigenvalue weighted by Crippen LogP contribution is -2.45. The molecule has 1 unspecified atom stereocenters. The Bertz CT molecular complexity index is 291. The van der Waals surface area contributed by atoms with Crippen LogP contribution in [0.3, 0.4) is 0 Å². The van der Waals surface area contributed by atoms with Gasteiger partial charge in [0.2, 0.25) is 0 Å². The largest absolute Gasteiger partial charge is 0.550 e. The summed E-state index contributed by atoms with van der Waals surface area (Å²) in [6, 6.07) is 0. The summed E-state index contributed by atoms with van der Waals surface area (Å²) in [6.07, 6.45) is -1.09. The minimum Gasteiger partial charge on any atom is -0.550 e. The van der Waals surface area contributed by atoms with Crippen LogP contribution < -0.4 is 10.2 Å². The van der Waals surface area contributed by atoms with E-state index in [0.29, 0.717) is 15.5 Å². The van der Waals surface area contributed by atoms with Crippen molar-refractivity contribution in [2.45, 2.75) is 12.5 Å². The van der Waals surface area contributed by atoms with Crippen molar-refractivity contribution < 1.29 is 33.9 Å². The monoisotopic (exact) mass is 278 g/mol. The number of aliphatic hydroxyl groups excluding tert-OH is 1. The molecule has 0 aliphatic carbocycles. The molecule has 0 bridgehead atoms. The first kappa shape index (κ1) is 20.1. The maximum Gasteiger partial charge on any atom is 0.118 e. The van der Waals surface area contributed by atoms with Crippen LogP contribution in [0.4, 0.5) is 0 Å². The molecule has 0 rings (SSSR count). The first-order valence-electron chi connectivity index (χ1n) is 5.91. The molecule has 0 heterocycles. The van der Waals surface area contributed by atoms with Gasteiger partial charge in [-0.05, 0) is 0 Å². The number of quaternary nitrogens is 2. The lowest BCUT2D eigenvalue weighted by Gasteiger charge is -2.26. The molecule has 0 aliphatic rings. The van der Waals surface area contributed by atoms with Crippen LogP contribution in [0.25, 0.3) is 0 Å². The van der Waals surface area contributed by atoms with Crippen LogP contribution in [-0.4, -0.2) is 87.5 Å². The molecule has 0 saturated carbocycles. The van der Waals surface area contributed by atoms with Gasteiger partial charge in [0, 0.05) is 12.4 Å². The van der Waals surface area contributed by atoms with Gasteiger partial charge in [0.1, 0.15) is 19.2 Å². The second kappa shape index (κ2) is 8.08. The Balaban J connectivity index is 0. The Morgan fingerprint density at radius 3 is 1.53 bits per heavy atom. The third-order valence-corrected chi connectivity index (χ3v) is 1.76. The lowest BCUT2D eigenvalue weighted by atomic mass is 10.2. The molecule has 0 aromatic heterocycles. The van der Waals surface area contributed by atoms with E-state index in [1.54, 1.807) is 21.1 Å². The van der Waals surface area contributed by atoms with E-state index in [2.05, 4.69) is 0 Å². The first-order valence-corrected chi connectivity index (χ1v) is 5.91. The third-order valence-electron chi connectivity index (χ3n) is 1.76. The van der Waals surface area contributed by atoms with Gasteiger partial charge < -0.3 is 33.9 Å². The van der Waals surface area contributed by atoms with Crippen LogP contribution >= 0.6 is 0 Å². The molecule has 7 heteroatoms. The number of rotatable bonds is 6. The van der Waals surface area contributed by atoms with Crippen LogP contribution in [0.2, 0.25) is 0 Å². The minimum atomic E-state index is -1.20. The number of aliphatic hydroxyl groups is 1. The smallest absolute Gasteiger partial charge is 0.118 e. The highest BCUT2D eigenvalue weighted by Crippen LogP contribution is 1.97. The van der Waals surface area contributed by atoms with E-state index >= 15 is 0 Å². The molecule has 0 aromatic rings. The van der Waals surface area contributed by atoms with Crippen molar-refractivity contribution in [2.75, 3.05) is 55.4 Å². The highest BCUT2D eigenvalue weighted by molar-refractivity contribution is 5.65. The summed E-state index contributed by atoms with van der Waals surface area (Å²) < 4.78 is 0.969. The van der Waals surface area contributed by atoms with Crippen LogP contribution in [-0.2, 0) is 9.59 Å². The van der Waals surface area contributed by atoms with Crippen LogP contribution in [0, 0.1) is 0 Å². The molecule has 114 valence electrons. The van der Waals surface area contributed by atoms with Gasteiger partial charge >= 0.3 is 0 Å². The van der Waals surface area contributed by atoms with Gasteiger partial charge in [0.15, 0.2) is 0 Å². The Kier molecular flexibility index (Phi) is 8.57. The zero-order valence-corrected chi connectivity index (χ0v) is 12.7. The number of carbonyl (C=O) groups excluding carboxylic acids is 2.